The van der Waals surface area contributed by atoms with Crippen LogP contribution in [-0.4, -0.2) is 4.98 Å². The lowest BCUT2D eigenvalue weighted by Gasteiger charge is -2.21. The zero-order valence-corrected chi connectivity index (χ0v) is 8.81. The molecule has 1 unspecified atom stereocenters. The van der Waals surface area contributed by atoms with Crippen molar-refractivity contribution in [3.63, 3.8) is 0 Å². The summed E-state index contributed by atoms with van der Waals surface area (Å²) in [5.74, 6) is 1.09. The highest BCUT2D eigenvalue weighted by Gasteiger charge is 2.33. The normalized spacial score (nSPS) is 18.4. The van der Waals surface area contributed by atoms with Crippen LogP contribution in [0.15, 0.2) is 46.5 Å². The van der Waals surface area contributed by atoms with Gasteiger partial charge in [0.1, 0.15) is 23.3 Å². The van der Waals surface area contributed by atoms with E-state index in [2.05, 4.69) is 11.1 Å². The number of rotatable bonds is 1. The number of H-pyrrole nitrogens is 1. The van der Waals surface area contributed by atoms with E-state index in [-0.39, 0.29) is 11.8 Å². The summed E-state index contributed by atoms with van der Waals surface area (Å²) in [6.45, 7) is 0. The molecule has 0 aliphatic carbocycles. The van der Waals surface area contributed by atoms with Crippen molar-refractivity contribution in [3.8, 4) is 11.8 Å². The van der Waals surface area contributed by atoms with Gasteiger partial charge in [0, 0.05) is 6.20 Å². The van der Waals surface area contributed by atoms with Gasteiger partial charge in [-0.2, -0.15) is 5.26 Å². The minimum atomic E-state index is -0.325. The molecule has 84 valence electrons. The third kappa shape index (κ3) is 1.31. The molecule has 0 fully saturated rings. The van der Waals surface area contributed by atoms with Gasteiger partial charge >= 0.3 is 0 Å². The van der Waals surface area contributed by atoms with E-state index in [0.29, 0.717) is 17.1 Å². The number of fused-ring (bicyclic) bond motifs is 1. The van der Waals surface area contributed by atoms with Gasteiger partial charge in [-0.25, -0.2) is 0 Å². The number of nitrogens with two attached hydrogens (primary N) is 1. The topological polar surface area (TPSA) is 88.0 Å². The van der Waals surface area contributed by atoms with E-state index in [1.165, 1.54) is 0 Å². The fourth-order valence-electron chi connectivity index (χ4n) is 2.00. The summed E-state index contributed by atoms with van der Waals surface area (Å²) in [4.78, 5) is 3.06. The Morgan fingerprint density at radius 2 is 2.29 bits per heavy atom. The van der Waals surface area contributed by atoms with Gasteiger partial charge in [-0.05, 0) is 18.2 Å². The largest absolute Gasteiger partial charge is 0.468 e. The SMILES string of the molecule is N#CC1=C(N)Oc2cc[nH]c2C1c1ccco1. The third-order valence-corrected chi connectivity index (χ3v) is 2.75. The van der Waals surface area contributed by atoms with E-state index in [1.807, 2.05) is 6.07 Å². The maximum atomic E-state index is 9.17. The van der Waals surface area contributed by atoms with Gasteiger partial charge in [0.2, 0.25) is 5.88 Å². The summed E-state index contributed by atoms with van der Waals surface area (Å²) in [5, 5.41) is 9.17. The Hall–Kier alpha value is -2.61. The molecule has 0 saturated heterocycles. The van der Waals surface area contributed by atoms with Crippen molar-refractivity contribution in [1.82, 2.24) is 4.98 Å². The number of aromatic nitrogens is 1. The second-order valence-corrected chi connectivity index (χ2v) is 3.70. The van der Waals surface area contributed by atoms with Crippen LogP contribution in [0.3, 0.4) is 0 Å². The number of hydrogen-bond acceptors (Lipinski definition) is 4. The molecule has 2 aromatic rings. The Morgan fingerprint density at radius 3 is 3.00 bits per heavy atom. The van der Waals surface area contributed by atoms with E-state index in [0.717, 1.165) is 5.69 Å². The standard InChI is InChI=1S/C12H9N3O2/c13-6-7-10(8-2-1-5-16-8)11-9(3-4-15-11)17-12(7)14/h1-5,10,15H,14H2. The van der Waals surface area contributed by atoms with Crippen molar-refractivity contribution >= 4 is 0 Å². The Balaban J connectivity index is 2.21. The summed E-state index contributed by atoms with van der Waals surface area (Å²) in [6, 6.07) is 7.43. The molecule has 0 radical (unpaired) electrons. The Morgan fingerprint density at radius 1 is 1.41 bits per heavy atom. The highest BCUT2D eigenvalue weighted by molar-refractivity contribution is 5.51. The number of aromatic amines is 1. The second kappa shape index (κ2) is 3.46. The molecule has 0 saturated carbocycles. The monoisotopic (exact) mass is 227 g/mol. The maximum Gasteiger partial charge on any atom is 0.205 e. The fourth-order valence-corrected chi connectivity index (χ4v) is 2.00. The summed E-state index contributed by atoms with van der Waals surface area (Å²) >= 11 is 0. The van der Waals surface area contributed by atoms with E-state index in [9.17, 15) is 5.26 Å². The number of hydrogen-bond donors (Lipinski definition) is 2. The van der Waals surface area contributed by atoms with Crippen molar-refractivity contribution in [1.29, 1.82) is 5.26 Å². The van der Waals surface area contributed by atoms with Gasteiger partial charge in [-0.1, -0.05) is 0 Å². The average Bonchev–Trinajstić information content (AvgIpc) is 2.97. The molecule has 5 heteroatoms. The molecule has 17 heavy (non-hydrogen) atoms. The molecule has 1 aliphatic heterocycles. The summed E-state index contributed by atoms with van der Waals surface area (Å²) in [7, 11) is 0. The first-order valence-electron chi connectivity index (χ1n) is 5.09. The van der Waals surface area contributed by atoms with Crippen LogP contribution >= 0.6 is 0 Å². The highest BCUT2D eigenvalue weighted by Crippen LogP contribution is 2.40. The molecule has 5 nitrogen and oxygen atoms in total. The van der Waals surface area contributed by atoms with Crippen LogP contribution in [0.4, 0.5) is 0 Å². The fraction of sp³-hybridized carbons (Fsp3) is 0.0833. The second-order valence-electron chi connectivity index (χ2n) is 3.70. The zero-order valence-electron chi connectivity index (χ0n) is 8.81. The van der Waals surface area contributed by atoms with Gasteiger partial charge in [0.05, 0.1) is 12.0 Å². The predicted molar refractivity (Wildman–Crippen MR) is 58.8 cm³/mol. The summed E-state index contributed by atoms with van der Waals surface area (Å²) in [6.07, 6.45) is 3.31. The first kappa shape index (κ1) is 9.60. The number of nitrogens with one attached hydrogen (secondary N) is 1. The Bertz CT molecular complexity index is 616. The third-order valence-electron chi connectivity index (χ3n) is 2.75. The zero-order chi connectivity index (χ0) is 11.8. The molecule has 2 aromatic heterocycles. The number of nitriles is 1. The predicted octanol–water partition coefficient (Wildman–Crippen LogP) is 1.83. The van der Waals surface area contributed by atoms with Crippen molar-refractivity contribution in [3.05, 3.63) is 53.6 Å². The molecule has 0 amide bonds. The number of allylic oxidation sites excluding steroid dienone is 1. The van der Waals surface area contributed by atoms with Crippen LogP contribution in [0.5, 0.6) is 5.75 Å². The van der Waals surface area contributed by atoms with Crippen LogP contribution in [0.1, 0.15) is 17.4 Å². The van der Waals surface area contributed by atoms with Crippen LogP contribution < -0.4 is 10.5 Å². The van der Waals surface area contributed by atoms with Crippen molar-refractivity contribution in [2.45, 2.75) is 5.92 Å². The van der Waals surface area contributed by atoms with Crippen LogP contribution in [0.2, 0.25) is 0 Å². The van der Waals surface area contributed by atoms with Crippen LogP contribution in [0, 0.1) is 11.3 Å². The van der Waals surface area contributed by atoms with Gasteiger partial charge < -0.3 is 19.9 Å². The lowest BCUT2D eigenvalue weighted by atomic mass is 9.92. The van der Waals surface area contributed by atoms with E-state index in [4.69, 9.17) is 14.9 Å². The number of nitrogens with zero attached hydrogens (tertiary/aromatic N) is 1. The summed E-state index contributed by atoms with van der Waals surface area (Å²) < 4.78 is 10.7. The van der Waals surface area contributed by atoms with Crippen molar-refractivity contribution in [2.24, 2.45) is 5.73 Å². The lowest BCUT2D eigenvalue weighted by molar-refractivity contribution is 0.383. The van der Waals surface area contributed by atoms with E-state index < -0.39 is 0 Å². The molecule has 3 rings (SSSR count). The summed E-state index contributed by atoms with van der Waals surface area (Å²) in [5.41, 5.74) is 6.88. The van der Waals surface area contributed by atoms with Crippen molar-refractivity contribution < 1.29 is 9.15 Å². The first-order chi connectivity index (χ1) is 8.31. The van der Waals surface area contributed by atoms with E-state index in [1.54, 1.807) is 24.6 Å². The Kier molecular flexibility index (Phi) is 1.95. The molecule has 1 aliphatic rings. The molecule has 3 heterocycles. The van der Waals surface area contributed by atoms with Gasteiger partial charge in [-0.3, -0.25) is 0 Å². The smallest absolute Gasteiger partial charge is 0.205 e. The van der Waals surface area contributed by atoms with Crippen LogP contribution in [0.25, 0.3) is 0 Å². The van der Waals surface area contributed by atoms with Crippen LogP contribution in [-0.2, 0) is 0 Å². The van der Waals surface area contributed by atoms with Crippen molar-refractivity contribution in [2.75, 3.05) is 0 Å². The molecule has 1 atom stereocenters. The number of ether oxygens (including phenoxy) is 1. The molecule has 0 spiro atoms. The highest BCUT2D eigenvalue weighted by atomic mass is 16.5. The first-order valence-corrected chi connectivity index (χ1v) is 5.09. The molecular formula is C12H9N3O2. The van der Waals surface area contributed by atoms with Gasteiger partial charge in [-0.15, -0.1) is 0 Å². The average molecular weight is 227 g/mol. The molecule has 0 aromatic carbocycles. The quantitative estimate of drug-likeness (QED) is 0.777. The minimum Gasteiger partial charge on any atom is -0.468 e. The minimum absolute atomic E-state index is 0.126. The lowest BCUT2D eigenvalue weighted by Crippen LogP contribution is -2.20. The molecule has 0 bridgehead atoms. The Labute approximate surface area is 97.1 Å². The van der Waals surface area contributed by atoms with Gasteiger partial charge in [0.25, 0.3) is 0 Å². The van der Waals surface area contributed by atoms with Gasteiger partial charge in [0.15, 0.2) is 5.75 Å². The molecular weight excluding hydrogens is 218 g/mol. The van der Waals surface area contributed by atoms with E-state index >= 15 is 0 Å². The maximum absolute atomic E-state index is 9.17. The molecule has 3 N–H and O–H groups in total. The number of furan rings is 1.